The fourth-order valence-corrected chi connectivity index (χ4v) is 3.04. The highest BCUT2D eigenvalue weighted by atomic mass is 16.5. The van der Waals surface area contributed by atoms with Gasteiger partial charge in [-0.25, -0.2) is 4.79 Å². The number of hydrogen-bond acceptors (Lipinski definition) is 5. The number of nitrogens with zero attached hydrogens (tertiary/aromatic N) is 2. The van der Waals surface area contributed by atoms with Gasteiger partial charge in [-0.3, -0.25) is 4.98 Å². The van der Waals surface area contributed by atoms with Gasteiger partial charge in [-0.15, -0.1) is 0 Å². The number of ether oxygens (including phenoxy) is 1. The fourth-order valence-electron chi connectivity index (χ4n) is 3.04. The fraction of sp³-hybridized carbons (Fsp3) is 0.316. The number of methoxy groups -OCH3 is 1. The van der Waals surface area contributed by atoms with Crippen molar-refractivity contribution in [2.24, 2.45) is 0 Å². The smallest absolute Gasteiger partial charge is 0.319 e. The molecule has 3 rings (SSSR count). The van der Waals surface area contributed by atoms with Crippen LogP contribution in [0.4, 0.5) is 10.5 Å². The number of aromatic nitrogens is 1. The van der Waals surface area contributed by atoms with Crippen molar-refractivity contribution in [1.29, 1.82) is 5.26 Å². The highest BCUT2D eigenvalue weighted by molar-refractivity contribution is 5.89. The summed E-state index contributed by atoms with van der Waals surface area (Å²) in [7, 11) is 1.61. The minimum atomic E-state index is -0.264. The number of hydrogen-bond donors (Lipinski definition) is 3. The molecule has 1 fully saturated rings. The van der Waals surface area contributed by atoms with Crippen LogP contribution in [-0.4, -0.2) is 37.3 Å². The molecule has 3 N–H and O–H groups in total. The van der Waals surface area contributed by atoms with Crippen LogP contribution in [0.5, 0.6) is 5.75 Å². The molecule has 1 aliphatic heterocycles. The summed E-state index contributed by atoms with van der Waals surface area (Å²) in [6.07, 6.45) is 2.51. The molecule has 1 aromatic heterocycles. The Balaban J connectivity index is 1.65. The maximum absolute atomic E-state index is 12.4. The van der Waals surface area contributed by atoms with E-state index in [4.69, 9.17) is 10.00 Å². The van der Waals surface area contributed by atoms with Gasteiger partial charge in [0.15, 0.2) is 0 Å². The Morgan fingerprint density at radius 2 is 2.12 bits per heavy atom. The maximum atomic E-state index is 12.4. The van der Waals surface area contributed by atoms with Gasteiger partial charge < -0.3 is 20.7 Å². The zero-order valence-electron chi connectivity index (χ0n) is 14.5. The Kier molecular flexibility index (Phi) is 5.66. The van der Waals surface area contributed by atoms with Crippen molar-refractivity contribution >= 4 is 11.7 Å². The lowest BCUT2D eigenvalue weighted by Crippen LogP contribution is -2.49. The SMILES string of the molecule is COc1ccc([C@@H]2CNCC[C@H]2NC(=O)Nc2ccc(C#N)cc2)nc1. The molecule has 1 aliphatic rings. The van der Waals surface area contributed by atoms with Crippen LogP contribution in [0.1, 0.15) is 23.6 Å². The lowest BCUT2D eigenvalue weighted by molar-refractivity contribution is 0.241. The number of urea groups is 1. The number of piperidine rings is 1. The van der Waals surface area contributed by atoms with E-state index in [1.54, 1.807) is 37.6 Å². The van der Waals surface area contributed by atoms with Crippen LogP contribution >= 0.6 is 0 Å². The van der Waals surface area contributed by atoms with Crippen molar-refractivity contribution in [3.63, 3.8) is 0 Å². The maximum Gasteiger partial charge on any atom is 0.319 e. The van der Waals surface area contributed by atoms with Crippen LogP contribution in [0.2, 0.25) is 0 Å². The first kappa shape index (κ1) is 17.7. The third kappa shape index (κ3) is 4.29. The van der Waals surface area contributed by atoms with Crippen LogP contribution in [0.25, 0.3) is 0 Å². The number of benzene rings is 1. The van der Waals surface area contributed by atoms with Gasteiger partial charge in [-0.2, -0.15) is 5.26 Å². The number of carbonyl (C=O) groups excluding carboxylic acids is 1. The van der Waals surface area contributed by atoms with Gasteiger partial charge in [0.2, 0.25) is 0 Å². The molecule has 1 aromatic carbocycles. The monoisotopic (exact) mass is 351 g/mol. The second kappa shape index (κ2) is 8.32. The predicted octanol–water partition coefficient (Wildman–Crippen LogP) is 2.23. The number of rotatable bonds is 4. The van der Waals surface area contributed by atoms with Crippen molar-refractivity contribution < 1.29 is 9.53 Å². The summed E-state index contributed by atoms with van der Waals surface area (Å²) in [5.74, 6) is 0.793. The van der Waals surface area contributed by atoms with E-state index in [-0.39, 0.29) is 18.0 Å². The van der Waals surface area contributed by atoms with Crippen molar-refractivity contribution in [2.75, 3.05) is 25.5 Å². The van der Waals surface area contributed by atoms with E-state index in [9.17, 15) is 4.79 Å². The number of nitrogens with one attached hydrogen (secondary N) is 3. The summed E-state index contributed by atoms with van der Waals surface area (Å²) in [6.45, 7) is 1.59. The molecular formula is C19H21N5O2. The summed E-state index contributed by atoms with van der Waals surface area (Å²) in [5, 5.41) is 18.0. The van der Waals surface area contributed by atoms with Crippen LogP contribution in [-0.2, 0) is 0 Å². The number of pyridine rings is 1. The van der Waals surface area contributed by atoms with Crippen molar-refractivity contribution in [3.05, 3.63) is 53.9 Å². The molecule has 2 atom stereocenters. The predicted molar refractivity (Wildman–Crippen MR) is 98.1 cm³/mol. The molecule has 7 heteroatoms. The topological polar surface area (TPSA) is 99.1 Å². The van der Waals surface area contributed by atoms with E-state index >= 15 is 0 Å². The first-order valence-corrected chi connectivity index (χ1v) is 8.48. The number of anilines is 1. The summed E-state index contributed by atoms with van der Waals surface area (Å²) in [5.41, 5.74) is 2.12. The highest BCUT2D eigenvalue weighted by Gasteiger charge is 2.28. The van der Waals surface area contributed by atoms with Crippen molar-refractivity contribution in [1.82, 2.24) is 15.6 Å². The van der Waals surface area contributed by atoms with Gasteiger partial charge in [-0.1, -0.05) is 0 Å². The van der Waals surface area contributed by atoms with E-state index in [2.05, 4.69) is 27.0 Å². The van der Waals surface area contributed by atoms with Gasteiger partial charge in [-0.05, 0) is 49.4 Å². The van der Waals surface area contributed by atoms with E-state index < -0.39 is 0 Å². The third-order valence-corrected chi connectivity index (χ3v) is 4.45. The number of amides is 2. The van der Waals surface area contributed by atoms with Crippen LogP contribution < -0.4 is 20.7 Å². The van der Waals surface area contributed by atoms with Crippen LogP contribution in [0.3, 0.4) is 0 Å². The van der Waals surface area contributed by atoms with Gasteiger partial charge in [0.1, 0.15) is 5.75 Å². The van der Waals surface area contributed by atoms with Gasteiger partial charge in [0.25, 0.3) is 0 Å². The first-order valence-electron chi connectivity index (χ1n) is 8.48. The van der Waals surface area contributed by atoms with Gasteiger partial charge in [0.05, 0.1) is 24.9 Å². The molecule has 0 saturated carbocycles. The van der Waals surface area contributed by atoms with E-state index in [1.165, 1.54) is 0 Å². The summed E-state index contributed by atoms with van der Waals surface area (Å²) in [6, 6.07) is 12.4. The first-order chi connectivity index (χ1) is 12.7. The Labute approximate surface area is 152 Å². The molecule has 26 heavy (non-hydrogen) atoms. The molecule has 2 heterocycles. The Hall–Kier alpha value is -3.11. The van der Waals surface area contributed by atoms with Crippen LogP contribution in [0, 0.1) is 11.3 Å². The normalized spacial score (nSPS) is 19.2. The molecule has 7 nitrogen and oxygen atoms in total. The standard InChI is InChI=1S/C19H21N5O2/c1-26-15-6-7-17(22-11-15)16-12-21-9-8-18(16)24-19(25)23-14-4-2-13(10-20)3-5-14/h2-7,11,16,18,21H,8-9,12H2,1H3,(H2,23,24,25)/t16-,18+/m0/s1. The minimum absolute atomic E-state index is 0.0180. The molecule has 0 unspecified atom stereocenters. The zero-order chi connectivity index (χ0) is 18.4. The summed E-state index contributed by atoms with van der Waals surface area (Å²) < 4.78 is 5.15. The summed E-state index contributed by atoms with van der Waals surface area (Å²) >= 11 is 0. The minimum Gasteiger partial charge on any atom is -0.495 e. The lowest BCUT2D eigenvalue weighted by Gasteiger charge is -2.32. The van der Waals surface area contributed by atoms with E-state index in [0.717, 1.165) is 25.2 Å². The molecule has 1 saturated heterocycles. The largest absolute Gasteiger partial charge is 0.495 e. The molecule has 2 aromatic rings. The highest BCUT2D eigenvalue weighted by Crippen LogP contribution is 2.24. The quantitative estimate of drug-likeness (QED) is 0.784. The molecular weight excluding hydrogens is 330 g/mol. The molecule has 0 radical (unpaired) electrons. The molecule has 0 spiro atoms. The lowest BCUT2D eigenvalue weighted by atomic mass is 9.90. The van der Waals surface area contributed by atoms with Gasteiger partial charge >= 0.3 is 6.03 Å². The van der Waals surface area contributed by atoms with Gasteiger partial charge in [0, 0.05) is 29.9 Å². The summed E-state index contributed by atoms with van der Waals surface area (Å²) in [4.78, 5) is 16.8. The van der Waals surface area contributed by atoms with E-state index in [1.807, 2.05) is 12.1 Å². The van der Waals surface area contributed by atoms with Crippen molar-refractivity contribution in [2.45, 2.75) is 18.4 Å². The second-order valence-corrected chi connectivity index (χ2v) is 6.12. The van der Waals surface area contributed by atoms with Crippen molar-refractivity contribution in [3.8, 4) is 11.8 Å². The average Bonchev–Trinajstić information content (AvgIpc) is 2.69. The molecule has 2 amide bonds. The van der Waals surface area contributed by atoms with E-state index in [0.29, 0.717) is 17.0 Å². The Bertz CT molecular complexity index is 783. The molecule has 0 bridgehead atoms. The van der Waals surface area contributed by atoms with Crippen LogP contribution in [0.15, 0.2) is 42.6 Å². The number of carbonyl (C=O) groups is 1. The average molecular weight is 351 g/mol. The zero-order valence-corrected chi connectivity index (χ0v) is 14.5. The Morgan fingerprint density at radius 3 is 2.77 bits per heavy atom. The second-order valence-electron chi connectivity index (χ2n) is 6.12. The number of nitriles is 1. The Morgan fingerprint density at radius 1 is 1.31 bits per heavy atom. The molecule has 134 valence electrons. The third-order valence-electron chi connectivity index (χ3n) is 4.45. The molecule has 0 aliphatic carbocycles.